The van der Waals surface area contributed by atoms with E-state index in [-0.39, 0.29) is 5.91 Å². The summed E-state index contributed by atoms with van der Waals surface area (Å²) in [6.07, 6.45) is 7.33. The van der Waals surface area contributed by atoms with E-state index in [0.717, 1.165) is 32.0 Å². The molecule has 2 unspecified atom stereocenters. The molecule has 0 aliphatic carbocycles. The van der Waals surface area contributed by atoms with E-state index >= 15 is 0 Å². The van der Waals surface area contributed by atoms with E-state index in [2.05, 4.69) is 18.7 Å². The number of carbonyl (C=O) groups is 1. The number of carbonyl (C=O) groups excluding carboxylic acids is 1. The van der Waals surface area contributed by atoms with Crippen LogP contribution in [0.4, 0.5) is 0 Å². The summed E-state index contributed by atoms with van der Waals surface area (Å²) in [5.41, 5.74) is 0. The Bertz CT molecular complexity index is 286. The topological polar surface area (TPSA) is 23.6 Å². The van der Waals surface area contributed by atoms with Crippen LogP contribution in [-0.4, -0.2) is 49.4 Å². The lowest BCUT2D eigenvalue weighted by Gasteiger charge is -2.35. The van der Waals surface area contributed by atoms with Gasteiger partial charge in [-0.15, -0.1) is 0 Å². The number of piperidine rings is 1. The van der Waals surface area contributed by atoms with Gasteiger partial charge in [0.05, 0.1) is 0 Å². The van der Waals surface area contributed by atoms with E-state index in [1.54, 1.807) is 6.08 Å². The monoisotopic (exact) mass is 252 g/mol. The summed E-state index contributed by atoms with van der Waals surface area (Å²) >= 11 is 0. The van der Waals surface area contributed by atoms with Crippen molar-refractivity contribution in [1.82, 2.24) is 9.80 Å². The predicted octanol–water partition coefficient (Wildman–Crippen LogP) is 2.39. The van der Waals surface area contributed by atoms with Crippen LogP contribution < -0.4 is 0 Å². The molecule has 0 N–H and O–H groups in total. The van der Waals surface area contributed by atoms with Crippen LogP contribution in [0.2, 0.25) is 0 Å². The molecule has 0 spiro atoms. The first kappa shape index (κ1) is 15.2. The fraction of sp³-hybridized carbons (Fsp3) is 0.800. The van der Waals surface area contributed by atoms with Crippen LogP contribution in [-0.2, 0) is 4.79 Å². The lowest BCUT2D eigenvalue weighted by molar-refractivity contribution is -0.128. The molecular weight excluding hydrogens is 224 g/mol. The third-order valence-electron chi connectivity index (χ3n) is 3.95. The van der Waals surface area contributed by atoms with E-state index < -0.39 is 0 Å². The van der Waals surface area contributed by atoms with Crippen molar-refractivity contribution in [3.8, 4) is 0 Å². The van der Waals surface area contributed by atoms with Crippen LogP contribution in [0.25, 0.3) is 0 Å². The van der Waals surface area contributed by atoms with Crippen molar-refractivity contribution in [1.29, 1.82) is 0 Å². The second kappa shape index (κ2) is 7.57. The Labute approximate surface area is 112 Å². The smallest absolute Gasteiger partial charge is 0.246 e. The zero-order chi connectivity index (χ0) is 13.5. The largest absolute Gasteiger partial charge is 0.339 e. The van der Waals surface area contributed by atoms with Crippen molar-refractivity contribution in [2.45, 2.75) is 33.1 Å². The van der Waals surface area contributed by atoms with E-state index in [1.807, 2.05) is 25.1 Å². The zero-order valence-corrected chi connectivity index (χ0v) is 12.4. The molecule has 0 saturated carbocycles. The fourth-order valence-electron chi connectivity index (χ4n) is 2.48. The lowest BCUT2D eigenvalue weighted by Crippen LogP contribution is -2.40. The van der Waals surface area contributed by atoms with Crippen molar-refractivity contribution in [3.63, 3.8) is 0 Å². The first-order chi connectivity index (χ1) is 8.54. The maximum atomic E-state index is 12.1. The molecule has 0 aromatic heterocycles. The lowest BCUT2D eigenvalue weighted by atomic mass is 9.85. The Morgan fingerprint density at radius 1 is 1.50 bits per heavy atom. The third kappa shape index (κ3) is 4.81. The van der Waals surface area contributed by atoms with Gasteiger partial charge >= 0.3 is 0 Å². The molecule has 1 rings (SSSR count). The van der Waals surface area contributed by atoms with Gasteiger partial charge in [0.15, 0.2) is 0 Å². The van der Waals surface area contributed by atoms with Gasteiger partial charge in [0.1, 0.15) is 0 Å². The average molecular weight is 252 g/mol. The molecule has 0 bridgehead atoms. The molecule has 0 radical (unpaired) electrons. The molecule has 1 aliphatic heterocycles. The minimum absolute atomic E-state index is 0.185. The quantitative estimate of drug-likeness (QED) is 0.701. The molecule has 0 aromatic rings. The van der Waals surface area contributed by atoms with Gasteiger partial charge in [0.2, 0.25) is 5.91 Å². The third-order valence-corrected chi connectivity index (χ3v) is 3.95. The number of amides is 1. The summed E-state index contributed by atoms with van der Waals surface area (Å²) in [5.74, 6) is 1.60. The molecule has 1 saturated heterocycles. The van der Waals surface area contributed by atoms with Gasteiger partial charge in [-0.1, -0.05) is 26.3 Å². The van der Waals surface area contributed by atoms with E-state index in [4.69, 9.17) is 0 Å². The van der Waals surface area contributed by atoms with Crippen molar-refractivity contribution < 1.29 is 4.79 Å². The highest BCUT2D eigenvalue weighted by Gasteiger charge is 2.25. The highest BCUT2D eigenvalue weighted by molar-refractivity contribution is 5.87. The highest BCUT2D eigenvalue weighted by Crippen LogP contribution is 2.25. The maximum absolute atomic E-state index is 12.1. The van der Waals surface area contributed by atoms with Crippen molar-refractivity contribution >= 4 is 5.91 Å². The van der Waals surface area contributed by atoms with Crippen molar-refractivity contribution in [2.75, 3.05) is 33.7 Å². The summed E-state index contributed by atoms with van der Waals surface area (Å²) in [6, 6.07) is 0. The van der Waals surface area contributed by atoms with E-state index in [0.29, 0.717) is 5.92 Å². The second-order valence-corrected chi connectivity index (χ2v) is 5.74. The standard InChI is InChI=1S/C15H28N2O/c1-5-13(2)14-8-6-11-17(12-14)15(18)9-7-10-16(3)4/h7,9,13-14H,5-6,8,10-12H2,1-4H3/b9-7+. The van der Waals surface area contributed by atoms with Gasteiger partial charge in [0.25, 0.3) is 0 Å². The molecule has 18 heavy (non-hydrogen) atoms. The highest BCUT2D eigenvalue weighted by atomic mass is 16.2. The minimum Gasteiger partial charge on any atom is -0.339 e. The molecule has 3 nitrogen and oxygen atoms in total. The Hall–Kier alpha value is -0.830. The fourth-order valence-corrected chi connectivity index (χ4v) is 2.48. The second-order valence-electron chi connectivity index (χ2n) is 5.74. The molecule has 2 atom stereocenters. The summed E-state index contributed by atoms with van der Waals surface area (Å²) in [7, 11) is 4.02. The van der Waals surface area contributed by atoms with Gasteiger partial charge in [-0.3, -0.25) is 4.79 Å². The molecule has 1 fully saturated rings. The molecule has 1 amide bonds. The summed E-state index contributed by atoms with van der Waals surface area (Å²) in [4.78, 5) is 16.1. The number of hydrogen-bond acceptors (Lipinski definition) is 2. The van der Waals surface area contributed by atoms with Crippen LogP contribution in [0.5, 0.6) is 0 Å². The van der Waals surface area contributed by atoms with Crippen molar-refractivity contribution in [2.24, 2.45) is 11.8 Å². The van der Waals surface area contributed by atoms with Gasteiger partial charge in [-0.05, 0) is 38.8 Å². The molecule has 0 aromatic carbocycles. The molecule has 104 valence electrons. The Morgan fingerprint density at radius 2 is 2.22 bits per heavy atom. The SMILES string of the molecule is CCC(C)C1CCCN(C(=O)/C=C/CN(C)C)C1. The Balaban J connectivity index is 2.45. The van der Waals surface area contributed by atoms with Crippen LogP contribution >= 0.6 is 0 Å². The first-order valence-corrected chi connectivity index (χ1v) is 7.14. The van der Waals surface area contributed by atoms with Crippen LogP contribution in [0, 0.1) is 11.8 Å². The van der Waals surface area contributed by atoms with E-state index in [1.165, 1.54) is 12.8 Å². The number of likely N-dealkylation sites (tertiary alicyclic amines) is 1. The van der Waals surface area contributed by atoms with Crippen molar-refractivity contribution in [3.05, 3.63) is 12.2 Å². The minimum atomic E-state index is 0.185. The zero-order valence-electron chi connectivity index (χ0n) is 12.4. The maximum Gasteiger partial charge on any atom is 0.246 e. The summed E-state index contributed by atoms with van der Waals surface area (Å²) in [5, 5.41) is 0. The van der Waals surface area contributed by atoms with Gasteiger partial charge < -0.3 is 9.80 Å². The van der Waals surface area contributed by atoms with Gasteiger partial charge in [-0.25, -0.2) is 0 Å². The Morgan fingerprint density at radius 3 is 2.83 bits per heavy atom. The molecule has 1 aliphatic rings. The Kier molecular flexibility index (Phi) is 6.41. The average Bonchev–Trinajstić information content (AvgIpc) is 2.37. The van der Waals surface area contributed by atoms with E-state index in [9.17, 15) is 4.79 Å². The molecular formula is C15H28N2O. The van der Waals surface area contributed by atoms with Crippen LogP contribution in [0.1, 0.15) is 33.1 Å². The number of likely N-dealkylation sites (N-methyl/N-ethyl adjacent to an activating group) is 1. The van der Waals surface area contributed by atoms with Gasteiger partial charge in [-0.2, -0.15) is 0 Å². The van der Waals surface area contributed by atoms with Crippen LogP contribution in [0.15, 0.2) is 12.2 Å². The van der Waals surface area contributed by atoms with Crippen LogP contribution in [0.3, 0.4) is 0 Å². The summed E-state index contributed by atoms with van der Waals surface area (Å²) in [6.45, 7) is 7.25. The predicted molar refractivity (Wildman–Crippen MR) is 76.5 cm³/mol. The number of hydrogen-bond donors (Lipinski definition) is 0. The molecule has 1 heterocycles. The summed E-state index contributed by atoms with van der Waals surface area (Å²) < 4.78 is 0. The number of nitrogens with zero attached hydrogens (tertiary/aromatic N) is 2. The normalized spacial score (nSPS) is 22.7. The van der Waals surface area contributed by atoms with Gasteiger partial charge in [0, 0.05) is 25.7 Å². The number of rotatable bonds is 5. The first-order valence-electron chi connectivity index (χ1n) is 7.14. The molecule has 3 heteroatoms.